The first kappa shape index (κ1) is 17.1. The van der Waals surface area contributed by atoms with Crippen LogP contribution in [-0.2, 0) is 10.0 Å². The molecule has 2 aromatic carbocycles. The Balaban J connectivity index is 1.49. The molecule has 0 fully saturated rings. The Bertz CT molecular complexity index is 1040. The van der Waals surface area contributed by atoms with E-state index in [1.165, 1.54) is 18.2 Å². The molecule has 138 valence electrons. The van der Waals surface area contributed by atoms with Gasteiger partial charge < -0.3 is 14.8 Å². The van der Waals surface area contributed by atoms with E-state index in [1.54, 1.807) is 12.1 Å². The van der Waals surface area contributed by atoms with Crippen molar-refractivity contribution in [2.45, 2.75) is 4.90 Å². The highest BCUT2D eigenvalue weighted by Gasteiger charge is 2.20. The van der Waals surface area contributed by atoms with Crippen molar-refractivity contribution in [1.29, 1.82) is 0 Å². The van der Waals surface area contributed by atoms with Gasteiger partial charge in [-0.1, -0.05) is 18.2 Å². The summed E-state index contributed by atoms with van der Waals surface area (Å²) < 4.78 is 38.4. The summed E-state index contributed by atoms with van der Waals surface area (Å²) in [7, 11) is -3.83. The number of aromatic nitrogens is 2. The lowest BCUT2D eigenvalue weighted by molar-refractivity contribution is 0.171. The van der Waals surface area contributed by atoms with Crippen molar-refractivity contribution in [3.05, 3.63) is 60.7 Å². The molecule has 0 unspecified atom stereocenters. The normalized spacial score (nSPS) is 13.0. The molecule has 8 nitrogen and oxygen atoms in total. The molecule has 27 heavy (non-hydrogen) atoms. The molecule has 4 rings (SSSR count). The van der Waals surface area contributed by atoms with E-state index < -0.39 is 10.0 Å². The first-order valence-corrected chi connectivity index (χ1v) is 9.67. The Morgan fingerprint density at radius 1 is 0.815 bits per heavy atom. The van der Waals surface area contributed by atoms with E-state index in [9.17, 15) is 8.42 Å². The van der Waals surface area contributed by atoms with Crippen LogP contribution in [0, 0.1) is 0 Å². The van der Waals surface area contributed by atoms with Gasteiger partial charge in [0.2, 0.25) is 0 Å². The second-order valence-electron chi connectivity index (χ2n) is 5.71. The number of fused-ring (bicyclic) bond motifs is 1. The Morgan fingerprint density at radius 3 is 2.26 bits per heavy atom. The van der Waals surface area contributed by atoms with E-state index in [4.69, 9.17) is 9.47 Å². The zero-order chi connectivity index (χ0) is 18.7. The molecule has 0 bridgehead atoms. The van der Waals surface area contributed by atoms with Crippen molar-refractivity contribution in [2.75, 3.05) is 23.3 Å². The number of hydrogen-bond acceptors (Lipinski definition) is 7. The van der Waals surface area contributed by atoms with Gasteiger partial charge in [0.15, 0.2) is 23.1 Å². The number of nitrogens with zero attached hydrogens (tertiary/aromatic N) is 2. The van der Waals surface area contributed by atoms with Gasteiger partial charge in [-0.25, -0.2) is 8.42 Å². The summed E-state index contributed by atoms with van der Waals surface area (Å²) in [5, 5.41) is 11.0. The topological polar surface area (TPSA) is 102 Å². The van der Waals surface area contributed by atoms with Gasteiger partial charge in [-0.3, -0.25) is 4.72 Å². The van der Waals surface area contributed by atoms with E-state index in [0.717, 1.165) is 5.69 Å². The van der Waals surface area contributed by atoms with E-state index >= 15 is 0 Å². The molecule has 0 aliphatic carbocycles. The number of ether oxygens (including phenoxy) is 2. The largest absolute Gasteiger partial charge is 0.486 e. The summed E-state index contributed by atoms with van der Waals surface area (Å²) in [5.41, 5.74) is 0.858. The highest BCUT2D eigenvalue weighted by molar-refractivity contribution is 7.92. The Labute approximate surface area is 156 Å². The molecular formula is C18H16N4O4S. The third kappa shape index (κ3) is 3.93. The maximum atomic E-state index is 12.6. The third-order valence-electron chi connectivity index (χ3n) is 3.77. The number of benzene rings is 2. The predicted octanol–water partition coefficient (Wildman–Crippen LogP) is 2.79. The van der Waals surface area contributed by atoms with Crippen LogP contribution in [0.4, 0.5) is 17.3 Å². The molecule has 2 heterocycles. The minimum atomic E-state index is -3.83. The Hall–Kier alpha value is -3.33. The van der Waals surface area contributed by atoms with Crippen molar-refractivity contribution in [3.8, 4) is 11.5 Å². The molecule has 2 N–H and O–H groups in total. The second-order valence-corrected chi connectivity index (χ2v) is 7.39. The number of hydrogen-bond donors (Lipinski definition) is 2. The molecule has 3 aromatic rings. The SMILES string of the molecule is O=S(=O)(Nc1ccc(Nc2ccccc2)nn1)c1ccc2c(c1)OCCO2. The van der Waals surface area contributed by atoms with Gasteiger partial charge in [0.25, 0.3) is 10.0 Å². The van der Waals surface area contributed by atoms with Gasteiger partial charge in [-0.2, -0.15) is 0 Å². The maximum Gasteiger partial charge on any atom is 0.263 e. The highest BCUT2D eigenvalue weighted by atomic mass is 32.2. The molecule has 1 aromatic heterocycles. The van der Waals surface area contributed by atoms with E-state index in [1.807, 2.05) is 30.3 Å². The van der Waals surface area contributed by atoms with Gasteiger partial charge in [0.1, 0.15) is 13.2 Å². The van der Waals surface area contributed by atoms with Crippen molar-refractivity contribution >= 4 is 27.3 Å². The Morgan fingerprint density at radius 2 is 1.52 bits per heavy atom. The number of anilines is 3. The van der Waals surface area contributed by atoms with Crippen LogP contribution in [0.2, 0.25) is 0 Å². The van der Waals surface area contributed by atoms with Crippen molar-refractivity contribution in [1.82, 2.24) is 10.2 Å². The molecule has 0 radical (unpaired) electrons. The summed E-state index contributed by atoms with van der Waals surface area (Å²) in [6.07, 6.45) is 0. The average molecular weight is 384 g/mol. The summed E-state index contributed by atoms with van der Waals surface area (Å²) in [5.74, 6) is 1.54. The molecule has 1 aliphatic heterocycles. The fourth-order valence-electron chi connectivity index (χ4n) is 2.51. The minimum Gasteiger partial charge on any atom is -0.486 e. The predicted molar refractivity (Wildman–Crippen MR) is 100.0 cm³/mol. The summed E-state index contributed by atoms with van der Waals surface area (Å²) >= 11 is 0. The fourth-order valence-corrected chi connectivity index (χ4v) is 3.52. The Kier molecular flexibility index (Phi) is 4.51. The van der Waals surface area contributed by atoms with Crippen molar-refractivity contribution in [2.24, 2.45) is 0 Å². The van der Waals surface area contributed by atoms with Crippen LogP contribution < -0.4 is 19.5 Å². The fraction of sp³-hybridized carbons (Fsp3) is 0.111. The standard InChI is InChI=1S/C18H16N4O4S/c23-27(24,14-6-7-15-16(12-14)26-11-10-25-15)22-18-9-8-17(20-21-18)19-13-4-2-1-3-5-13/h1-9,12H,10-11H2,(H,19,20)(H,21,22). The van der Waals surface area contributed by atoms with Crippen LogP contribution in [0.25, 0.3) is 0 Å². The zero-order valence-corrected chi connectivity index (χ0v) is 14.9. The van der Waals surface area contributed by atoms with Gasteiger partial charge in [0, 0.05) is 11.8 Å². The molecule has 0 amide bonds. The van der Waals surface area contributed by atoms with E-state index in [0.29, 0.717) is 30.5 Å². The van der Waals surface area contributed by atoms with Crippen LogP contribution in [0.5, 0.6) is 11.5 Å². The van der Waals surface area contributed by atoms with Crippen molar-refractivity contribution < 1.29 is 17.9 Å². The highest BCUT2D eigenvalue weighted by Crippen LogP contribution is 2.32. The van der Waals surface area contributed by atoms with Crippen LogP contribution in [-0.4, -0.2) is 31.8 Å². The van der Waals surface area contributed by atoms with Gasteiger partial charge >= 0.3 is 0 Å². The first-order chi connectivity index (χ1) is 13.1. The monoisotopic (exact) mass is 384 g/mol. The van der Waals surface area contributed by atoms with Gasteiger partial charge in [-0.05, 0) is 36.4 Å². The molecule has 1 aliphatic rings. The number of nitrogens with one attached hydrogen (secondary N) is 2. The van der Waals surface area contributed by atoms with Crippen molar-refractivity contribution in [3.63, 3.8) is 0 Å². The number of sulfonamides is 1. The lowest BCUT2D eigenvalue weighted by atomic mass is 10.3. The quantitative estimate of drug-likeness (QED) is 0.697. The third-order valence-corrected chi connectivity index (χ3v) is 5.13. The molecule has 0 saturated carbocycles. The van der Waals surface area contributed by atoms with Crippen LogP contribution in [0.15, 0.2) is 65.6 Å². The number of rotatable bonds is 5. The lowest BCUT2D eigenvalue weighted by Gasteiger charge is -2.18. The van der Waals surface area contributed by atoms with Crippen LogP contribution in [0.3, 0.4) is 0 Å². The van der Waals surface area contributed by atoms with Gasteiger partial charge in [-0.15, -0.1) is 10.2 Å². The number of para-hydroxylation sites is 1. The summed E-state index contributed by atoms with van der Waals surface area (Å²) in [4.78, 5) is 0.0556. The zero-order valence-electron chi connectivity index (χ0n) is 14.1. The molecule has 0 atom stereocenters. The van der Waals surface area contributed by atoms with Gasteiger partial charge in [0.05, 0.1) is 4.90 Å². The molecular weight excluding hydrogens is 368 g/mol. The first-order valence-electron chi connectivity index (χ1n) is 8.18. The molecule has 0 spiro atoms. The summed E-state index contributed by atoms with van der Waals surface area (Å²) in [6, 6.07) is 17.1. The van der Waals surface area contributed by atoms with E-state index in [2.05, 4.69) is 20.2 Å². The smallest absolute Gasteiger partial charge is 0.263 e. The van der Waals surface area contributed by atoms with Crippen LogP contribution in [0.1, 0.15) is 0 Å². The lowest BCUT2D eigenvalue weighted by Crippen LogP contribution is -2.17. The van der Waals surface area contributed by atoms with E-state index in [-0.39, 0.29) is 10.7 Å². The maximum absolute atomic E-state index is 12.6. The molecule has 9 heteroatoms. The molecule has 0 saturated heterocycles. The second kappa shape index (κ2) is 7.12. The average Bonchev–Trinajstić information content (AvgIpc) is 2.70. The minimum absolute atomic E-state index is 0.0556. The van der Waals surface area contributed by atoms with Crippen LogP contribution >= 0.6 is 0 Å². The summed E-state index contributed by atoms with van der Waals surface area (Å²) in [6.45, 7) is 0.821.